The van der Waals surface area contributed by atoms with Crippen LogP contribution >= 0.6 is 15.9 Å². The number of hydrogen-bond acceptors (Lipinski definition) is 2. The van der Waals surface area contributed by atoms with Gasteiger partial charge in [0.2, 0.25) is 0 Å². The molecule has 0 fully saturated rings. The minimum Gasteiger partial charge on any atom is -0.287 e. The van der Waals surface area contributed by atoms with E-state index in [0.717, 1.165) is 16.1 Å². The van der Waals surface area contributed by atoms with Gasteiger partial charge in [0.15, 0.2) is 10.3 Å². The first-order chi connectivity index (χ1) is 9.25. The fraction of sp³-hybridized carbons (Fsp3) is 0.143. The van der Waals surface area contributed by atoms with Gasteiger partial charge < -0.3 is 0 Å². The van der Waals surface area contributed by atoms with E-state index in [1.54, 1.807) is 18.3 Å². The number of fused-ring (bicyclic) bond motifs is 1. The van der Waals surface area contributed by atoms with E-state index in [0.29, 0.717) is 18.4 Å². The van der Waals surface area contributed by atoms with Crippen molar-refractivity contribution in [3.8, 4) is 0 Å². The molecule has 0 radical (unpaired) electrons. The number of nitrogens with zero attached hydrogens (tertiary/aromatic N) is 3. The first-order valence-electron chi connectivity index (χ1n) is 5.96. The molecule has 19 heavy (non-hydrogen) atoms. The molecule has 0 aliphatic heterocycles. The lowest BCUT2D eigenvalue weighted by Gasteiger charge is -2.02. The lowest BCUT2D eigenvalue weighted by atomic mass is 10.1. The Hall–Kier alpha value is -1.75. The van der Waals surface area contributed by atoms with E-state index in [9.17, 15) is 4.39 Å². The first kappa shape index (κ1) is 12.3. The van der Waals surface area contributed by atoms with E-state index >= 15 is 0 Å². The monoisotopic (exact) mass is 319 g/mol. The van der Waals surface area contributed by atoms with Crippen LogP contribution in [0, 0.1) is 5.82 Å². The molecule has 0 aliphatic carbocycles. The maximum absolute atomic E-state index is 13.6. The Bertz CT molecular complexity index is 724. The standard InChI is InChI=1S/C14H11BrFN3/c15-13-14-17-8-3-9-19(14)12(18-13)7-6-10-4-1-2-5-11(10)16/h1-5,8-9H,6-7H2. The third-order valence-electron chi connectivity index (χ3n) is 3.01. The molecule has 3 rings (SSSR count). The SMILES string of the molecule is Fc1ccccc1CCc1nc(Br)c2ncccn12. The number of aromatic nitrogens is 3. The highest BCUT2D eigenvalue weighted by Crippen LogP contribution is 2.18. The van der Waals surface area contributed by atoms with Gasteiger partial charge in [0.25, 0.3) is 0 Å². The van der Waals surface area contributed by atoms with Gasteiger partial charge >= 0.3 is 0 Å². The first-order valence-corrected chi connectivity index (χ1v) is 6.76. The average molecular weight is 320 g/mol. The van der Waals surface area contributed by atoms with E-state index in [1.165, 1.54) is 6.07 Å². The van der Waals surface area contributed by atoms with E-state index < -0.39 is 0 Å². The number of aryl methyl sites for hydroxylation is 2. The molecule has 2 aromatic heterocycles. The summed E-state index contributed by atoms with van der Waals surface area (Å²) in [6, 6.07) is 8.69. The second-order valence-electron chi connectivity index (χ2n) is 4.22. The molecule has 0 amide bonds. The fourth-order valence-electron chi connectivity index (χ4n) is 2.07. The molecule has 3 nitrogen and oxygen atoms in total. The van der Waals surface area contributed by atoms with Crippen LogP contribution < -0.4 is 0 Å². The zero-order valence-electron chi connectivity index (χ0n) is 10.1. The molecule has 0 N–H and O–H groups in total. The summed E-state index contributed by atoms with van der Waals surface area (Å²) in [7, 11) is 0. The van der Waals surface area contributed by atoms with Gasteiger partial charge in [0.1, 0.15) is 11.6 Å². The molecule has 2 heterocycles. The molecular weight excluding hydrogens is 309 g/mol. The van der Waals surface area contributed by atoms with Crippen molar-refractivity contribution in [2.24, 2.45) is 0 Å². The highest BCUT2D eigenvalue weighted by atomic mass is 79.9. The molecule has 0 saturated carbocycles. The molecule has 5 heteroatoms. The minimum absolute atomic E-state index is 0.166. The van der Waals surface area contributed by atoms with Crippen molar-refractivity contribution in [1.29, 1.82) is 0 Å². The molecular formula is C14H11BrFN3. The van der Waals surface area contributed by atoms with Crippen LogP contribution in [0.5, 0.6) is 0 Å². The van der Waals surface area contributed by atoms with Gasteiger partial charge in [0.05, 0.1) is 0 Å². The topological polar surface area (TPSA) is 30.2 Å². The summed E-state index contributed by atoms with van der Waals surface area (Å²) in [5.74, 6) is 0.707. The zero-order chi connectivity index (χ0) is 13.2. The van der Waals surface area contributed by atoms with Gasteiger partial charge in [-0.1, -0.05) is 18.2 Å². The summed E-state index contributed by atoms with van der Waals surface area (Å²) in [5.41, 5.74) is 1.49. The zero-order valence-corrected chi connectivity index (χ0v) is 11.6. The van der Waals surface area contributed by atoms with E-state index in [2.05, 4.69) is 25.9 Å². The Balaban J connectivity index is 1.88. The van der Waals surface area contributed by atoms with E-state index in [-0.39, 0.29) is 5.82 Å². The molecule has 96 valence electrons. The number of halogens is 2. The second-order valence-corrected chi connectivity index (χ2v) is 4.97. The summed E-state index contributed by atoms with van der Waals surface area (Å²) < 4.78 is 16.2. The van der Waals surface area contributed by atoms with Gasteiger partial charge in [-0.3, -0.25) is 4.40 Å². The Labute approximate surface area is 118 Å². The van der Waals surface area contributed by atoms with Gasteiger partial charge in [-0.15, -0.1) is 0 Å². The van der Waals surface area contributed by atoms with Crippen LogP contribution in [-0.2, 0) is 12.8 Å². The summed E-state index contributed by atoms with van der Waals surface area (Å²) >= 11 is 3.39. The minimum atomic E-state index is -0.166. The number of hydrogen-bond donors (Lipinski definition) is 0. The number of imidazole rings is 1. The largest absolute Gasteiger partial charge is 0.287 e. The van der Waals surface area contributed by atoms with Crippen molar-refractivity contribution in [3.05, 3.63) is 64.5 Å². The Morgan fingerprint density at radius 1 is 1.16 bits per heavy atom. The van der Waals surface area contributed by atoms with Crippen molar-refractivity contribution in [2.75, 3.05) is 0 Å². The lowest BCUT2D eigenvalue weighted by molar-refractivity contribution is 0.607. The maximum atomic E-state index is 13.6. The van der Waals surface area contributed by atoms with Gasteiger partial charge in [0, 0.05) is 18.8 Å². The summed E-state index contributed by atoms with van der Waals surface area (Å²) in [5, 5.41) is 0. The summed E-state index contributed by atoms with van der Waals surface area (Å²) in [6.07, 6.45) is 4.92. The predicted octanol–water partition coefficient (Wildman–Crippen LogP) is 3.42. The van der Waals surface area contributed by atoms with E-state index in [1.807, 2.05) is 22.7 Å². The molecule has 0 spiro atoms. The quantitative estimate of drug-likeness (QED) is 0.740. The Morgan fingerprint density at radius 2 is 2.00 bits per heavy atom. The van der Waals surface area contributed by atoms with Gasteiger partial charge in [-0.05, 0) is 40.0 Å². The van der Waals surface area contributed by atoms with Crippen LogP contribution in [0.15, 0.2) is 47.3 Å². The Kier molecular flexibility index (Phi) is 3.29. The number of benzene rings is 1. The average Bonchev–Trinajstić information content (AvgIpc) is 2.75. The smallest absolute Gasteiger partial charge is 0.171 e. The molecule has 0 bridgehead atoms. The van der Waals surface area contributed by atoms with Crippen LogP contribution in [0.4, 0.5) is 4.39 Å². The van der Waals surface area contributed by atoms with Crippen molar-refractivity contribution in [2.45, 2.75) is 12.8 Å². The second kappa shape index (κ2) is 5.09. The molecule has 0 aliphatic rings. The van der Waals surface area contributed by atoms with Crippen molar-refractivity contribution >= 4 is 21.6 Å². The third-order valence-corrected chi connectivity index (χ3v) is 3.54. The van der Waals surface area contributed by atoms with Crippen LogP contribution in [0.3, 0.4) is 0 Å². The van der Waals surface area contributed by atoms with Crippen molar-refractivity contribution < 1.29 is 4.39 Å². The normalized spacial score (nSPS) is 11.1. The molecule has 1 aromatic carbocycles. The summed E-state index contributed by atoms with van der Waals surface area (Å²) in [4.78, 5) is 8.68. The van der Waals surface area contributed by atoms with Crippen molar-refractivity contribution in [1.82, 2.24) is 14.4 Å². The van der Waals surface area contributed by atoms with Crippen LogP contribution in [0.1, 0.15) is 11.4 Å². The molecule has 3 aromatic rings. The van der Waals surface area contributed by atoms with Gasteiger partial charge in [-0.25, -0.2) is 14.4 Å². The van der Waals surface area contributed by atoms with Crippen LogP contribution in [0.2, 0.25) is 0 Å². The fourth-order valence-corrected chi connectivity index (χ4v) is 2.57. The van der Waals surface area contributed by atoms with E-state index in [4.69, 9.17) is 0 Å². The van der Waals surface area contributed by atoms with Crippen molar-refractivity contribution in [3.63, 3.8) is 0 Å². The molecule has 0 atom stereocenters. The lowest BCUT2D eigenvalue weighted by Crippen LogP contribution is -1.99. The third kappa shape index (κ3) is 2.38. The van der Waals surface area contributed by atoms with Crippen LogP contribution in [-0.4, -0.2) is 14.4 Å². The highest BCUT2D eigenvalue weighted by Gasteiger charge is 2.10. The molecule has 0 saturated heterocycles. The van der Waals surface area contributed by atoms with Gasteiger partial charge in [-0.2, -0.15) is 0 Å². The maximum Gasteiger partial charge on any atom is 0.171 e. The van der Waals surface area contributed by atoms with Crippen LogP contribution in [0.25, 0.3) is 5.65 Å². The molecule has 0 unspecified atom stereocenters. The predicted molar refractivity (Wildman–Crippen MR) is 74.5 cm³/mol. The summed E-state index contributed by atoms with van der Waals surface area (Å²) in [6.45, 7) is 0. The highest BCUT2D eigenvalue weighted by molar-refractivity contribution is 9.10. The number of rotatable bonds is 3. The Morgan fingerprint density at radius 3 is 2.84 bits per heavy atom.